The topological polar surface area (TPSA) is 136 Å². The van der Waals surface area contributed by atoms with Crippen molar-refractivity contribution in [3.05, 3.63) is 0 Å². The number of rotatable bonds is 6. The summed E-state index contributed by atoms with van der Waals surface area (Å²) in [5.41, 5.74) is 11.3. The maximum atomic E-state index is 10.3. The number of nitrogens with two attached hydrogens (primary N) is 2. The SMILES string of the molecule is CN(C)CCCC(C(=O)[O-])C(=O)[O-].NC1CCCCC1N.[Pt+2]. The Balaban J connectivity index is 0. The molecule has 0 amide bonds. The molecule has 0 aromatic rings. The number of nitrogens with zero attached hydrogens (tertiary/aromatic N) is 1. The number of carboxylic acid groups (broad SMARTS) is 2. The first kappa shape index (κ1) is 23.8. The van der Waals surface area contributed by atoms with Gasteiger partial charge < -0.3 is 36.2 Å². The Morgan fingerprint density at radius 1 is 1.09 bits per heavy atom. The number of carbonyl (C=O) groups excluding carboxylic acids is 2. The van der Waals surface area contributed by atoms with Gasteiger partial charge in [-0.3, -0.25) is 0 Å². The minimum absolute atomic E-state index is 0. The van der Waals surface area contributed by atoms with E-state index in [9.17, 15) is 19.8 Å². The van der Waals surface area contributed by atoms with Crippen molar-refractivity contribution in [1.82, 2.24) is 4.90 Å². The molecule has 1 saturated carbocycles. The number of aliphatic carboxylic acids is 2. The van der Waals surface area contributed by atoms with Gasteiger partial charge in [-0.25, -0.2) is 0 Å². The van der Waals surface area contributed by atoms with Crippen LogP contribution in [0.1, 0.15) is 38.5 Å². The van der Waals surface area contributed by atoms with E-state index in [1.807, 2.05) is 19.0 Å². The normalized spacial score (nSPS) is 20.8. The molecule has 132 valence electrons. The standard InChI is InChI=1S/C8H15NO4.C6H14N2.Pt/c1-9(2)5-3-4-6(7(10)11)8(12)13;7-5-3-1-2-4-6(5)8;/h6H,3-5H2,1-2H3,(H,10,11)(H,12,13);5-6H,1-4,7-8H2;/q;;+2/p-2. The molecule has 1 aliphatic carbocycles. The van der Waals surface area contributed by atoms with Crippen LogP contribution in [-0.2, 0) is 30.7 Å². The van der Waals surface area contributed by atoms with Crippen LogP contribution in [0.25, 0.3) is 0 Å². The van der Waals surface area contributed by atoms with Crippen molar-refractivity contribution in [1.29, 1.82) is 0 Å². The molecule has 0 aliphatic heterocycles. The zero-order chi connectivity index (χ0) is 16.4. The molecule has 0 aromatic heterocycles. The minimum Gasteiger partial charge on any atom is -0.549 e. The Labute approximate surface area is 146 Å². The molecule has 22 heavy (non-hydrogen) atoms. The van der Waals surface area contributed by atoms with Gasteiger partial charge in [-0.1, -0.05) is 12.8 Å². The summed E-state index contributed by atoms with van der Waals surface area (Å²) in [5.74, 6) is -4.63. The van der Waals surface area contributed by atoms with Crippen molar-refractivity contribution >= 4 is 11.9 Å². The molecule has 0 spiro atoms. The van der Waals surface area contributed by atoms with Gasteiger partial charge in [0.05, 0.1) is 11.9 Å². The Bertz CT molecular complexity index is 305. The second kappa shape index (κ2) is 13.0. The molecule has 4 N–H and O–H groups in total. The second-order valence-electron chi connectivity index (χ2n) is 5.75. The first-order chi connectivity index (χ1) is 9.75. The van der Waals surface area contributed by atoms with Gasteiger partial charge in [0, 0.05) is 18.0 Å². The zero-order valence-electron chi connectivity index (χ0n) is 13.2. The van der Waals surface area contributed by atoms with E-state index in [1.165, 1.54) is 12.8 Å². The third kappa shape index (κ3) is 11.1. The van der Waals surface area contributed by atoms with E-state index in [0.29, 0.717) is 13.0 Å². The van der Waals surface area contributed by atoms with E-state index in [4.69, 9.17) is 11.5 Å². The Kier molecular flexibility index (Phi) is 14.0. The van der Waals surface area contributed by atoms with Crippen molar-refractivity contribution in [2.75, 3.05) is 20.6 Å². The molecular formula is C14H27N3O4Pt. The summed E-state index contributed by atoms with van der Waals surface area (Å²) in [5, 5.41) is 20.5. The summed E-state index contributed by atoms with van der Waals surface area (Å²) in [6.07, 6.45) is 5.36. The average molecular weight is 496 g/mol. The monoisotopic (exact) mass is 496 g/mol. The van der Waals surface area contributed by atoms with Crippen LogP contribution in [0.3, 0.4) is 0 Å². The van der Waals surface area contributed by atoms with Crippen LogP contribution in [-0.4, -0.2) is 49.6 Å². The van der Waals surface area contributed by atoms with E-state index in [1.54, 1.807) is 0 Å². The molecule has 0 heterocycles. The van der Waals surface area contributed by atoms with Crippen molar-refractivity contribution < 1.29 is 40.9 Å². The fourth-order valence-corrected chi connectivity index (χ4v) is 2.13. The van der Waals surface area contributed by atoms with Crippen LogP contribution >= 0.6 is 0 Å². The summed E-state index contributed by atoms with van der Waals surface area (Å²) in [7, 11) is 3.65. The molecule has 2 atom stereocenters. The van der Waals surface area contributed by atoms with Crippen molar-refractivity contribution in [3.63, 3.8) is 0 Å². The van der Waals surface area contributed by atoms with Crippen LogP contribution in [0.2, 0.25) is 0 Å². The van der Waals surface area contributed by atoms with E-state index < -0.39 is 17.9 Å². The average Bonchev–Trinajstić information content (AvgIpc) is 2.38. The zero-order valence-corrected chi connectivity index (χ0v) is 15.5. The number of hydrogen-bond donors (Lipinski definition) is 2. The van der Waals surface area contributed by atoms with Crippen molar-refractivity contribution in [2.45, 2.75) is 50.6 Å². The molecule has 8 heteroatoms. The largest absolute Gasteiger partial charge is 2.00 e. The fourth-order valence-electron chi connectivity index (χ4n) is 2.13. The summed E-state index contributed by atoms with van der Waals surface area (Å²) in [6, 6.07) is 0.562. The van der Waals surface area contributed by atoms with E-state index in [2.05, 4.69) is 0 Å². The van der Waals surface area contributed by atoms with Crippen LogP contribution in [0, 0.1) is 5.92 Å². The third-order valence-electron chi connectivity index (χ3n) is 3.54. The smallest absolute Gasteiger partial charge is 0.549 e. The van der Waals surface area contributed by atoms with Gasteiger partial charge in [-0.05, 0) is 46.3 Å². The predicted molar refractivity (Wildman–Crippen MR) is 75.7 cm³/mol. The summed E-state index contributed by atoms with van der Waals surface area (Å²) < 4.78 is 0. The van der Waals surface area contributed by atoms with E-state index in [-0.39, 0.29) is 39.6 Å². The summed E-state index contributed by atoms with van der Waals surface area (Å²) in [6.45, 7) is 0.650. The number of hydrogen-bond acceptors (Lipinski definition) is 7. The van der Waals surface area contributed by atoms with Gasteiger partial charge >= 0.3 is 21.1 Å². The van der Waals surface area contributed by atoms with Gasteiger partial charge in [0.2, 0.25) is 0 Å². The molecule has 2 unspecified atom stereocenters. The maximum Gasteiger partial charge on any atom is 2.00 e. The summed E-state index contributed by atoms with van der Waals surface area (Å²) >= 11 is 0. The Morgan fingerprint density at radius 2 is 1.50 bits per heavy atom. The number of carbonyl (C=O) groups is 2. The first-order valence-electron chi connectivity index (χ1n) is 7.33. The van der Waals surface area contributed by atoms with Gasteiger partial charge in [0.15, 0.2) is 0 Å². The van der Waals surface area contributed by atoms with Crippen LogP contribution in [0.15, 0.2) is 0 Å². The van der Waals surface area contributed by atoms with E-state index >= 15 is 0 Å². The molecule has 0 bridgehead atoms. The quantitative estimate of drug-likeness (QED) is 0.394. The molecule has 1 fully saturated rings. The molecular weight excluding hydrogens is 469 g/mol. The molecule has 1 rings (SSSR count). The summed E-state index contributed by atoms with van der Waals surface area (Å²) in [4.78, 5) is 22.4. The predicted octanol–water partition coefficient (Wildman–Crippen LogP) is -2.34. The van der Waals surface area contributed by atoms with Crippen LogP contribution in [0.4, 0.5) is 0 Å². The Hall–Kier alpha value is -0.492. The van der Waals surface area contributed by atoms with Gasteiger partial charge in [-0.2, -0.15) is 0 Å². The molecule has 7 nitrogen and oxygen atoms in total. The van der Waals surface area contributed by atoms with Crippen LogP contribution in [0.5, 0.6) is 0 Å². The first-order valence-corrected chi connectivity index (χ1v) is 7.33. The fraction of sp³-hybridized carbons (Fsp3) is 0.857. The Morgan fingerprint density at radius 3 is 1.77 bits per heavy atom. The second-order valence-corrected chi connectivity index (χ2v) is 5.75. The molecule has 0 radical (unpaired) electrons. The molecule has 0 saturated heterocycles. The van der Waals surface area contributed by atoms with Gasteiger partial charge in [0.25, 0.3) is 0 Å². The minimum atomic E-state index is -1.57. The van der Waals surface area contributed by atoms with Crippen molar-refractivity contribution in [2.24, 2.45) is 17.4 Å². The van der Waals surface area contributed by atoms with Crippen LogP contribution < -0.4 is 21.7 Å². The van der Waals surface area contributed by atoms with E-state index in [0.717, 1.165) is 12.8 Å². The van der Waals surface area contributed by atoms with Crippen molar-refractivity contribution in [3.8, 4) is 0 Å². The number of carboxylic acids is 2. The van der Waals surface area contributed by atoms with Gasteiger partial charge in [-0.15, -0.1) is 0 Å². The third-order valence-corrected chi connectivity index (χ3v) is 3.54. The molecule has 0 aromatic carbocycles. The molecule has 1 aliphatic rings. The maximum absolute atomic E-state index is 10.3. The van der Waals surface area contributed by atoms with Gasteiger partial charge in [0.1, 0.15) is 0 Å².